The zero-order valence-electron chi connectivity index (χ0n) is 9.80. The van der Waals surface area contributed by atoms with Crippen LogP contribution in [0.5, 0.6) is 0 Å². The predicted molar refractivity (Wildman–Crippen MR) is 62.9 cm³/mol. The Bertz CT molecular complexity index is 481. The molecule has 0 radical (unpaired) electrons. The Morgan fingerprint density at radius 1 is 1.28 bits per heavy atom. The molecule has 0 heterocycles. The highest BCUT2D eigenvalue weighted by Crippen LogP contribution is 2.33. The molecule has 0 aromatic heterocycles. The lowest BCUT2D eigenvalue weighted by Crippen LogP contribution is -2.09. The third kappa shape index (κ3) is 3.60. The molecule has 0 unspecified atom stereocenters. The summed E-state index contributed by atoms with van der Waals surface area (Å²) in [5.74, 6) is -0.771. The van der Waals surface area contributed by atoms with Crippen LogP contribution in [-0.2, 0) is 11.0 Å². The van der Waals surface area contributed by atoms with E-state index < -0.39 is 17.5 Å². The summed E-state index contributed by atoms with van der Waals surface area (Å²) in [6.07, 6.45) is -3.15. The van der Waals surface area contributed by atoms with Crippen LogP contribution < -0.4 is 0 Å². The summed E-state index contributed by atoms with van der Waals surface area (Å²) in [5, 5.41) is 0. The van der Waals surface area contributed by atoms with Gasteiger partial charge in [-0.1, -0.05) is 0 Å². The number of rotatable bonds is 4. The van der Waals surface area contributed by atoms with E-state index in [0.717, 1.165) is 30.0 Å². The number of benzene rings is 1. The highest BCUT2D eigenvalue weighted by Gasteiger charge is 2.31. The number of thioether (sulfide) groups is 1. The molecule has 18 heavy (non-hydrogen) atoms. The van der Waals surface area contributed by atoms with Crippen LogP contribution in [0.15, 0.2) is 23.1 Å². The van der Waals surface area contributed by atoms with Gasteiger partial charge < -0.3 is 0 Å². The number of halogens is 3. The quantitative estimate of drug-likeness (QED) is 0.479. The van der Waals surface area contributed by atoms with Gasteiger partial charge in [-0.3, -0.25) is 9.59 Å². The van der Waals surface area contributed by atoms with E-state index in [2.05, 4.69) is 0 Å². The smallest absolute Gasteiger partial charge is 0.300 e. The fourth-order valence-electron chi connectivity index (χ4n) is 1.42. The number of ketones is 2. The van der Waals surface area contributed by atoms with E-state index in [9.17, 15) is 22.8 Å². The lowest BCUT2D eigenvalue weighted by Gasteiger charge is -2.11. The highest BCUT2D eigenvalue weighted by atomic mass is 32.2. The van der Waals surface area contributed by atoms with Gasteiger partial charge >= 0.3 is 6.18 Å². The molecule has 1 rings (SSSR count). The Morgan fingerprint density at radius 3 is 2.33 bits per heavy atom. The van der Waals surface area contributed by atoms with Crippen LogP contribution in [0.3, 0.4) is 0 Å². The number of carbonyl (C=O) groups excluding carboxylic acids is 2. The Balaban J connectivity index is 3.15. The zero-order valence-corrected chi connectivity index (χ0v) is 10.6. The van der Waals surface area contributed by atoms with Crippen LogP contribution in [0.4, 0.5) is 13.2 Å². The molecular formula is C12H11F3O2S. The van der Waals surface area contributed by atoms with Gasteiger partial charge in [0.15, 0.2) is 5.78 Å². The summed E-state index contributed by atoms with van der Waals surface area (Å²) in [6.45, 7) is 1.26. The maximum atomic E-state index is 12.5. The molecule has 0 aliphatic carbocycles. The lowest BCUT2D eigenvalue weighted by molar-refractivity contribution is -0.137. The van der Waals surface area contributed by atoms with Crippen LogP contribution in [0.25, 0.3) is 0 Å². The molecule has 2 nitrogen and oxygen atoms in total. The second-order valence-corrected chi connectivity index (χ2v) is 4.56. The fourth-order valence-corrected chi connectivity index (χ4v) is 2.07. The standard InChI is InChI=1S/C12H11F3O2S/c1-7(16)5-10(17)9-4-3-8(12(13,14)15)6-11(9)18-2/h3-4,6H,5H2,1-2H3. The van der Waals surface area contributed by atoms with Crippen molar-refractivity contribution >= 4 is 23.3 Å². The molecule has 0 N–H and O–H groups in total. The summed E-state index contributed by atoms with van der Waals surface area (Å²) < 4.78 is 37.5. The predicted octanol–water partition coefficient (Wildman–Crippen LogP) is 3.59. The highest BCUT2D eigenvalue weighted by molar-refractivity contribution is 7.98. The van der Waals surface area contributed by atoms with Crippen molar-refractivity contribution in [1.29, 1.82) is 0 Å². The second-order valence-electron chi connectivity index (χ2n) is 3.71. The average Bonchev–Trinajstić information content (AvgIpc) is 2.26. The third-order valence-corrected chi connectivity index (χ3v) is 3.02. The molecule has 0 spiro atoms. The van der Waals surface area contributed by atoms with Crippen molar-refractivity contribution in [3.05, 3.63) is 29.3 Å². The van der Waals surface area contributed by atoms with E-state index in [4.69, 9.17) is 0 Å². The van der Waals surface area contributed by atoms with Gasteiger partial charge in [0.2, 0.25) is 0 Å². The van der Waals surface area contributed by atoms with E-state index in [1.54, 1.807) is 6.26 Å². The maximum absolute atomic E-state index is 12.5. The first-order valence-corrected chi connectivity index (χ1v) is 6.26. The van der Waals surface area contributed by atoms with Gasteiger partial charge in [-0.05, 0) is 31.4 Å². The van der Waals surface area contributed by atoms with Crippen LogP contribution in [-0.4, -0.2) is 17.8 Å². The van der Waals surface area contributed by atoms with Crippen molar-refractivity contribution < 1.29 is 22.8 Å². The van der Waals surface area contributed by atoms with Crippen molar-refractivity contribution in [2.45, 2.75) is 24.4 Å². The Morgan fingerprint density at radius 2 is 1.89 bits per heavy atom. The van der Waals surface area contributed by atoms with Gasteiger partial charge in [-0.2, -0.15) is 13.2 Å². The number of carbonyl (C=O) groups is 2. The monoisotopic (exact) mass is 276 g/mol. The topological polar surface area (TPSA) is 34.1 Å². The van der Waals surface area contributed by atoms with Crippen molar-refractivity contribution in [1.82, 2.24) is 0 Å². The molecule has 1 aromatic rings. The molecule has 0 aliphatic rings. The molecular weight excluding hydrogens is 265 g/mol. The van der Waals surface area contributed by atoms with Gasteiger partial charge in [0.25, 0.3) is 0 Å². The van der Waals surface area contributed by atoms with Crippen molar-refractivity contribution in [2.75, 3.05) is 6.26 Å². The van der Waals surface area contributed by atoms with Gasteiger partial charge in [-0.25, -0.2) is 0 Å². The summed E-state index contributed by atoms with van der Waals surface area (Å²) in [7, 11) is 0. The molecule has 6 heteroatoms. The first kappa shape index (κ1) is 14.8. The molecule has 0 saturated carbocycles. The van der Waals surface area contributed by atoms with E-state index >= 15 is 0 Å². The molecule has 0 amide bonds. The Kier molecular flexibility index (Phi) is 4.56. The van der Waals surface area contributed by atoms with E-state index in [1.807, 2.05) is 0 Å². The largest absolute Gasteiger partial charge is 0.416 e. The molecule has 0 atom stereocenters. The maximum Gasteiger partial charge on any atom is 0.416 e. The van der Waals surface area contributed by atoms with Crippen molar-refractivity contribution in [3.8, 4) is 0 Å². The van der Waals surface area contributed by atoms with Gasteiger partial charge in [-0.15, -0.1) is 11.8 Å². The van der Waals surface area contributed by atoms with Crippen molar-refractivity contribution in [3.63, 3.8) is 0 Å². The zero-order chi connectivity index (χ0) is 13.9. The third-order valence-electron chi connectivity index (χ3n) is 2.24. The van der Waals surface area contributed by atoms with Crippen LogP contribution in [0.2, 0.25) is 0 Å². The first-order valence-electron chi connectivity index (χ1n) is 5.03. The van der Waals surface area contributed by atoms with Gasteiger partial charge in [0, 0.05) is 10.5 Å². The van der Waals surface area contributed by atoms with Crippen LogP contribution >= 0.6 is 11.8 Å². The SMILES string of the molecule is CSc1cc(C(F)(F)F)ccc1C(=O)CC(C)=O. The fraction of sp³-hybridized carbons (Fsp3) is 0.333. The lowest BCUT2D eigenvalue weighted by atomic mass is 10.0. The van der Waals surface area contributed by atoms with Crippen molar-refractivity contribution in [2.24, 2.45) is 0 Å². The summed E-state index contributed by atoms with van der Waals surface area (Å²) >= 11 is 1.05. The average molecular weight is 276 g/mol. The molecule has 0 fully saturated rings. The summed E-state index contributed by atoms with van der Waals surface area (Å²) in [6, 6.07) is 2.91. The van der Waals surface area contributed by atoms with E-state index in [0.29, 0.717) is 0 Å². The molecule has 98 valence electrons. The molecule has 0 bridgehead atoms. The second kappa shape index (κ2) is 5.56. The normalized spacial score (nSPS) is 11.4. The van der Waals surface area contributed by atoms with Crippen LogP contribution in [0.1, 0.15) is 29.3 Å². The van der Waals surface area contributed by atoms with Gasteiger partial charge in [0.1, 0.15) is 5.78 Å². The Hall–Kier alpha value is -1.30. The number of Topliss-reactive ketones (excluding diaryl/α,β-unsaturated/α-hetero) is 2. The van der Waals surface area contributed by atoms with Crippen LogP contribution in [0, 0.1) is 0 Å². The minimum absolute atomic E-state index is 0.158. The minimum atomic E-state index is -4.44. The number of hydrogen-bond donors (Lipinski definition) is 0. The Labute approximate surface area is 107 Å². The van der Waals surface area contributed by atoms with E-state index in [1.165, 1.54) is 6.92 Å². The van der Waals surface area contributed by atoms with E-state index in [-0.39, 0.29) is 22.7 Å². The molecule has 0 saturated heterocycles. The molecule has 1 aromatic carbocycles. The minimum Gasteiger partial charge on any atom is -0.300 e. The summed E-state index contributed by atoms with van der Waals surface area (Å²) in [5.41, 5.74) is -0.642. The molecule has 0 aliphatic heterocycles. The van der Waals surface area contributed by atoms with Gasteiger partial charge in [0.05, 0.1) is 12.0 Å². The number of alkyl halides is 3. The first-order chi connectivity index (χ1) is 8.25. The summed E-state index contributed by atoms with van der Waals surface area (Å²) in [4.78, 5) is 22.8. The number of hydrogen-bond acceptors (Lipinski definition) is 3.